The summed E-state index contributed by atoms with van der Waals surface area (Å²) in [4.78, 5) is 20.4. The van der Waals surface area contributed by atoms with Crippen molar-refractivity contribution in [1.82, 2.24) is 4.98 Å². The van der Waals surface area contributed by atoms with Gasteiger partial charge in [0.25, 0.3) is 5.91 Å². The predicted octanol–water partition coefficient (Wildman–Crippen LogP) is 5.24. The minimum absolute atomic E-state index is 0.129. The van der Waals surface area contributed by atoms with Crippen molar-refractivity contribution in [3.63, 3.8) is 0 Å². The largest absolute Gasteiger partial charge is 0.611 e. The van der Waals surface area contributed by atoms with Crippen molar-refractivity contribution >= 4 is 39.5 Å². The van der Waals surface area contributed by atoms with E-state index in [0.717, 1.165) is 5.39 Å². The monoisotopic (exact) mass is 457 g/mol. The van der Waals surface area contributed by atoms with E-state index in [4.69, 9.17) is 0 Å². The molecule has 1 N–H and O–H groups in total. The minimum atomic E-state index is -2.70. The molecular formula is C24H25F2N3O2S. The van der Waals surface area contributed by atoms with Crippen molar-refractivity contribution in [2.75, 3.05) is 29.1 Å². The normalized spacial score (nSPS) is 17.1. The van der Waals surface area contributed by atoms with E-state index >= 15 is 0 Å². The van der Waals surface area contributed by atoms with Gasteiger partial charge in [0.15, 0.2) is 4.90 Å². The summed E-state index contributed by atoms with van der Waals surface area (Å²) in [6.07, 6.45) is -0.110. The van der Waals surface area contributed by atoms with Crippen LogP contribution in [0.15, 0.2) is 59.5 Å². The first kappa shape index (κ1) is 22.5. The summed E-state index contributed by atoms with van der Waals surface area (Å²) in [5, 5.41) is 3.66. The van der Waals surface area contributed by atoms with Crippen molar-refractivity contribution in [2.24, 2.45) is 0 Å². The molecule has 0 spiro atoms. The van der Waals surface area contributed by atoms with Crippen molar-refractivity contribution < 1.29 is 18.1 Å². The van der Waals surface area contributed by atoms with Gasteiger partial charge >= 0.3 is 0 Å². The number of halogens is 2. The zero-order valence-electron chi connectivity index (χ0n) is 17.8. The van der Waals surface area contributed by atoms with Crippen LogP contribution in [0.5, 0.6) is 0 Å². The lowest BCUT2D eigenvalue weighted by Gasteiger charge is -2.24. The van der Waals surface area contributed by atoms with Gasteiger partial charge in [-0.05, 0) is 48.8 Å². The van der Waals surface area contributed by atoms with Gasteiger partial charge in [-0.2, -0.15) is 0 Å². The highest BCUT2D eigenvalue weighted by molar-refractivity contribution is 7.91. The van der Waals surface area contributed by atoms with E-state index in [0.29, 0.717) is 46.2 Å². The zero-order chi connectivity index (χ0) is 22.7. The van der Waals surface area contributed by atoms with Crippen LogP contribution in [0.1, 0.15) is 36.5 Å². The molecule has 4 rings (SSSR count). The van der Waals surface area contributed by atoms with E-state index < -0.39 is 17.1 Å². The molecule has 1 unspecified atom stereocenters. The fourth-order valence-electron chi connectivity index (χ4n) is 3.87. The Morgan fingerprint density at radius 2 is 1.97 bits per heavy atom. The van der Waals surface area contributed by atoms with Crippen LogP contribution in [-0.4, -0.2) is 40.2 Å². The van der Waals surface area contributed by atoms with Crippen LogP contribution in [0.3, 0.4) is 0 Å². The quantitative estimate of drug-likeness (QED) is 0.532. The number of benzene rings is 2. The number of alkyl halides is 2. The van der Waals surface area contributed by atoms with Gasteiger partial charge < -0.3 is 14.8 Å². The van der Waals surface area contributed by atoms with Gasteiger partial charge in [0.05, 0.1) is 11.1 Å². The van der Waals surface area contributed by atoms with E-state index in [1.807, 2.05) is 31.2 Å². The average molecular weight is 458 g/mol. The lowest BCUT2D eigenvalue weighted by atomic mass is 10.1. The van der Waals surface area contributed by atoms with Gasteiger partial charge in [0.2, 0.25) is 5.92 Å². The van der Waals surface area contributed by atoms with Crippen molar-refractivity contribution in [3.8, 4) is 0 Å². The molecule has 1 aliphatic rings. The molecule has 3 aromatic rings. The third-order valence-electron chi connectivity index (χ3n) is 5.58. The number of anilines is 2. The Morgan fingerprint density at radius 3 is 2.78 bits per heavy atom. The number of carbonyl (C=O) groups is 1. The molecule has 1 fully saturated rings. The molecule has 32 heavy (non-hydrogen) atoms. The Balaban J connectivity index is 1.69. The number of pyridine rings is 1. The highest BCUT2D eigenvalue weighted by Gasteiger charge is 2.33. The Hall–Kier alpha value is -2.71. The molecule has 1 amide bonds. The first-order chi connectivity index (χ1) is 15.4. The number of carbonyl (C=O) groups excluding carboxylic acids is 1. The Bertz CT molecular complexity index is 1130. The van der Waals surface area contributed by atoms with E-state index in [1.54, 1.807) is 35.2 Å². The number of nitrogens with one attached hydrogen (secondary N) is 1. The average Bonchev–Trinajstić information content (AvgIpc) is 2.98. The molecule has 8 heteroatoms. The Labute approximate surface area is 189 Å². The second-order valence-corrected chi connectivity index (χ2v) is 9.60. The summed E-state index contributed by atoms with van der Waals surface area (Å²) in [6, 6.07) is 16.1. The maximum absolute atomic E-state index is 13.9. The molecule has 1 atom stereocenters. The summed E-state index contributed by atoms with van der Waals surface area (Å²) < 4.78 is 40.0. The fraction of sp³-hybridized carbons (Fsp3) is 0.333. The lowest BCUT2D eigenvalue weighted by molar-refractivity contribution is -0.0102. The van der Waals surface area contributed by atoms with E-state index in [9.17, 15) is 18.1 Å². The molecule has 0 aliphatic carbocycles. The van der Waals surface area contributed by atoms with Gasteiger partial charge in [0, 0.05) is 43.1 Å². The molecule has 1 saturated heterocycles. The maximum Gasteiger partial charge on any atom is 0.259 e. The third kappa shape index (κ3) is 5.02. The third-order valence-corrected chi connectivity index (χ3v) is 6.89. The topological polar surface area (TPSA) is 68.3 Å². The first-order valence-electron chi connectivity index (χ1n) is 10.7. The van der Waals surface area contributed by atoms with Crippen LogP contribution in [0, 0.1) is 0 Å². The van der Waals surface area contributed by atoms with Crippen LogP contribution in [0.25, 0.3) is 10.9 Å². The standard InChI is InChI=1S/C24H25F2N3O2S/c1-2-32(31)19-9-5-8-18(16-19)27-23(30)20-15-17-7-3-4-10-21(17)28-22(20)29-13-6-11-24(25,26)12-14-29/h3-5,7-10,15-16H,2,6,11-14H2,1H3,(H,27,30). The molecule has 0 saturated carbocycles. The minimum Gasteiger partial charge on any atom is -0.611 e. The highest BCUT2D eigenvalue weighted by atomic mass is 32.2. The summed E-state index contributed by atoms with van der Waals surface area (Å²) in [5.74, 6) is -2.19. The van der Waals surface area contributed by atoms with Gasteiger partial charge in [-0.15, -0.1) is 0 Å². The zero-order valence-corrected chi connectivity index (χ0v) is 18.6. The first-order valence-corrected chi connectivity index (χ1v) is 12.0. The molecule has 2 heterocycles. The predicted molar refractivity (Wildman–Crippen MR) is 124 cm³/mol. The van der Waals surface area contributed by atoms with Gasteiger partial charge in [0.1, 0.15) is 11.6 Å². The number of hydrogen-bond acceptors (Lipinski definition) is 4. The van der Waals surface area contributed by atoms with Gasteiger partial charge in [-0.3, -0.25) is 4.79 Å². The van der Waals surface area contributed by atoms with Crippen LogP contribution in [0.4, 0.5) is 20.3 Å². The fourth-order valence-corrected chi connectivity index (χ4v) is 4.69. The van der Waals surface area contributed by atoms with E-state index in [1.165, 1.54) is 0 Å². The SMILES string of the molecule is CC[S+]([O-])c1cccc(NC(=O)c2cc3ccccc3nc2N2CCCC(F)(F)CC2)c1. The number of hydrogen-bond donors (Lipinski definition) is 1. The summed E-state index contributed by atoms with van der Waals surface area (Å²) in [7, 11) is 0. The summed E-state index contributed by atoms with van der Waals surface area (Å²) in [6.45, 7) is 2.37. The number of amides is 1. The second kappa shape index (κ2) is 9.42. The molecular weight excluding hydrogens is 432 g/mol. The second-order valence-electron chi connectivity index (χ2n) is 7.86. The van der Waals surface area contributed by atoms with Crippen molar-refractivity contribution in [3.05, 3.63) is 60.2 Å². The Kier molecular flexibility index (Phi) is 6.62. The molecule has 2 aromatic carbocycles. The molecule has 168 valence electrons. The van der Waals surface area contributed by atoms with Crippen LogP contribution in [0.2, 0.25) is 0 Å². The lowest BCUT2D eigenvalue weighted by Crippen LogP contribution is -2.29. The number of aromatic nitrogens is 1. The number of nitrogens with zero attached hydrogens (tertiary/aromatic N) is 2. The van der Waals surface area contributed by atoms with Crippen LogP contribution < -0.4 is 10.2 Å². The van der Waals surface area contributed by atoms with Crippen LogP contribution >= 0.6 is 0 Å². The molecule has 1 aliphatic heterocycles. The molecule has 0 bridgehead atoms. The summed E-state index contributed by atoms with van der Waals surface area (Å²) in [5.41, 5.74) is 1.56. The molecule has 5 nitrogen and oxygen atoms in total. The molecule has 0 radical (unpaired) electrons. The van der Waals surface area contributed by atoms with Crippen molar-refractivity contribution in [1.29, 1.82) is 0 Å². The van der Waals surface area contributed by atoms with E-state index in [2.05, 4.69) is 10.3 Å². The van der Waals surface area contributed by atoms with Gasteiger partial charge in [-0.1, -0.05) is 24.3 Å². The van der Waals surface area contributed by atoms with Crippen molar-refractivity contribution in [2.45, 2.75) is 37.0 Å². The maximum atomic E-state index is 13.9. The van der Waals surface area contributed by atoms with E-state index in [-0.39, 0.29) is 25.3 Å². The molecule has 1 aromatic heterocycles. The number of fused-ring (bicyclic) bond motifs is 1. The number of para-hydroxylation sites is 1. The van der Waals surface area contributed by atoms with Crippen LogP contribution in [-0.2, 0) is 11.2 Å². The highest BCUT2D eigenvalue weighted by Crippen LogP contribution is 2.32. The summed E-state index contributed by atoms with van der Waals surface area (Å²) >= 11 is -1.14. The number of rotatable bonds is 5. The van der Waals surface area contributed by atoms with Gasteiger partial charge in [-0.25, -0.2) is 13.8 Å². The Morgan fingerprint density at radius 1 is 1.16 bits per heavy atom. The smallest absolute Gasteiger partial charge is 0.259 e.